The van der Waals surface area contributed by atoms with Crippen LogP contribution in [-0.4, -0.2) is 31.1 Å². The highest BCUT2D eigenvalue weighted by Crippen LogP contribution is 2.47. The number of rotatable bonds is 8. The fraction of sp³-hybridized carbons (Fsp3) is 0.647. The smallest absolute Gasteiger partial charge is 0.0230 e. The minimum atomic E-state index is 0.593. The van der Waals surface area contributed by atoms with E-state index in [0.29, 0.717) is 11.5 Å². The van der Waals surface area contributed by atoms with Crippen LogP contribution in [0.25, 0.3) is 0 Å². The fourth-order valence-electron chi connectivity index (χ4n) is 2.52. The molecule has 1 N–H and O–H groups in total. The van der Waals surface area contributed by atoms with E-state index in [4.69, 9.17) is 0 Å². The largest absolute Gasteiger partial charge is 0.314 e. The molecular weight excluding hydrogens is 232 g/mol. The van der Waals surface area contributed by atoms with Crippen LogP contribution in [0.4, 0.5) is 0 Å². The maximum Gasteiger partial charge on any atom is 0.0230 e. The van der Waals surface area contributed by atoms with Gasteiger partial charge in [0.2, 0.25) is 0 Å². The van der Waals surface area contributed by atoms with Gasteiger partial charge in [-0.05, 0) is 57.3 Å². The molecular formula is C17H28N2. The second kappa shape index (κ2) is 6.53. The van der Waals surface area contributed by atoms with Crippen LogP contribution >= 0.6 is 0 Å². The van der Waals surface area contributed by atoms with Crippen molar-refractivity contribution in [2.75, 3.05) is 20.1 Å². The summed E-state index contributed by atoms with van der Waals surface area (Å²) in [4.78, 5) is 2.40. The first-order valence-corrected chi connectivity index (χ1v) is 7.56. The lowest BCUT2D eigenvalue weighted by Gasteiger charge is -2.22. The van der Waals surface area contributed by atoms with Crippen molar-refractivity contribution in [1.29, 1.82) is 0 Å². The lowest BCUT2D eigenvalue weighted by atomic mass is 10.0. The predicted octanol–water partition coefficient (Wildman–Crippen LogP) is 3.29. The summed E-state index contributed by atoms with van der Waals surface area (Å²) in [5.41, 5.74) is 1.99. The van der Waals surface area contributed by atoms with Crippen molar-refractivity contribution >= 4 is 0 Å². The zero-order valence-corrected chi connectivity index (χ0v) is 12.7. The Hall–Kier alpha value is -0.860. The molecule has 0 saturated heterocycles. The Morgan fingerprint density at radius 1 is 1.26 bits per heavy atom. The number of hydrogen-bond acceptors (Lipinski definition) is 2. The molecule has 19 heavy (non-hydrogen) atoms. The fourth-order valence-corrected chi connectivity index (χ4v) is 2.52. The lowest BCUT2D eigenvalue weighted by molar-refractivity contribution is 0.308. The third-order valence-electron chi connectivity index (χ3n) is 4.55. The molecule has 0 heterocycles. The Kier molecular flexibility index (Phi) is 5.00. The number of nitrogens with one attached hydrogen (secondary N) is 1. The highest BCUT2D eigenvalue weighted by Gasteiger charge is 2.41. The molecule has 2 rings (SSSR count). The first-order chi connectivity index (χ1) is 9.10. The molecule has 0 radical (unpaired) electrons. The van der Waals surface area contributed by atoms with E-state index in [9.17, 15) is 0 Å². The van der Waals surface area contributed by atoms with Crippen LogP contribution in [0.15, 0.2) is 30.3 Å². The van der Waals surface area contributed by atoms with Crippen molar-refractivity contribution in [1.82, 2.24) is 10.2 Å². The zero-order chi connectivity index (χ0) is 13.7. The topological polar surface area (TPSA) is 15.3 Å². The molecule has 1 aliphatic rings. The zero-order valence-electron chi connectivity index (χ0n) is 12.7. The average molecular weight is 260 g/mol. The molecule has 0 amide bonds. The molecule has 1 atom stereocenters. The molecule has 2 heteroatoms. The molecule has 1 aromatic rings. The van der Waals surface area contributed by atoms with Gasteiger partial charge < -0.3 is 10.2 Å². The van der Waals surface area contributed by atoms with Gasteiger partial charge in [-0.3, -0.25) is 0 Å². The SMILES string of the molecule is CC(NCCCN(C)Cc1ccccc1)C1(C)CC1. The van der Waals surface area contributed by atoms with E-state index in [1.165, 1.54) is 24.8 Å². The van der Waals surface area contributed by atoms with Crippen LogP contribution in [0.3, 0.4) is 0 Å². The Morgan fingerprint density at radius 2 is 1.95 bits per heavy atom. The van der Waals surface area contributed by atoms with E-state index < -0.39 is 0 Å². The Bertz CT molecular complexity index is 370. The van der Waals surface area contributed by atoms with Gasteiger partial charge in [0.25, 0.3) is 0 Å². The standard InChI is InChI=1S/C17H28N2/c1-15(17(2)10-11-17)18-12-7-13-19(3)14-16-8-5-4-6-9-16/h4-6,8-9,15,18H,7,10-14H2,1-3H3. The summed E-state index contributed by atoms with van der Waals surface area (Å²) in [6, 6.07) is 11.4. The van der Waals surface area contributed by atoms with E-state index >= 15 is 0 Å². The Labute approximate surface area is 118 Å². The van der Waals surface area contributed by atoms with Crippen LogP contribution in [0, 0.1) is 5.41 Å². The summed E-state index contributed by atoms with van der Waals surface area (Å²) in [5, 5.41) is 3.68. The summed E-state index contributed by atoms with van der Waals surface area (Å²) < 4.78 is 0. The van der Waals surface area contributed by atoms with Gasteiger partial charge in [-0.25, -0.2) is 0 Å². The highest BCUT2D eigenvalue weighted by atomic mass is 15.1. The van der Waals surface area contributed by atoms with Gasteiger partial charge in [0, 0.05) is 12.6 Å². The van der Waals surface area contributed by atoms with Crippen molar-refractivity contribution < 1.29 is 0 Å². The first kappa shape index (κ1) is 14.5. The molecule has 1 fully saturated rings. The summed E-state index contributed by atoms with van der Waals surface area (Å²) in [7, 11) is 2.21. The number of nitrogens with zero attached hydrogens (tertiary/aromatic N) is 1. The number of hydrogen-bond donors (Lipinski definition) is 1. The van der Waals surface area contributed by atoms with Crippen LogP contribution < -0.4 is 5.32 Å². The second-order valence-corrected chi connectivity index (χ2v) is 6.41. The minimum absolute atomic E-state index is 0.593. The van der Waals surface area contributed by atoms with E-state index in [2.05, 4.69) is 61.4 Å². The average Bonchev–Trinajstić information content (AvgIpc) is 3.15. The third-order valence-corrected chi connectivity index (χ3v) is 4.55. The van der Waals surface area contributed by atoms with Gasteiger partial charge in [-0.15, -0.1) is 0 Å². The molecule has 1 unspecified atom stereocenters. The van der Waals surface area contributed by atoms with E-state index in [1.54, 1.807) is 0 Å². The maximum absolute atomic E-state index is 3.68. The summed E-state index contributed by atoms with van der Waals surface area (Å²) in [5.74, 6) is 0. The van der Waals surface area contributed by atoms with E-state index in [1.807, 2.05) is 0 Å². The van der Waals surface area contributed by atoms with Crippen molar-refractivity contribution in [2.24, 2.45) is 5.41 Å². The van der Waals surface area contributed by atoms with Gasteiger partial charge >= 0.3 is 0 Å². The van der Waals surface area contributed by atoms with Crippen molar-refractivity contribution in [3.8, 4) is 0 Å². The molecule has 1 aliphatic carbocycles. The molecule has 0 aromatic heterocycles. The molecule has 1 saturated carbocycles. The third kappa shape index (κ3) is 4.63. The molecule has 2 nitrogen and oxygen atoms in total. The van der Waals surface area contributed by atoms with Crippen molar-refractivity contribution in [3.05, 3.63) is 35.9 Å². The van der Waals surface area contributed by atoms with Crippen LogP contribution in [0.2, 0.25) is 0 Å². The quantitative estimate of drug-likeness (QED) is 0.722. The molecule has 0 aliphatic heterocycles. The molecule has 1 aromatic carbocycles. The van der Waals surface area contributed by atoms with Gasteiger partial charge in [0.05, 0.1) is 0 Å². The second-order valence-electron chi connectivity index (χ2n) is 6.41. The monoisotopic (exact) mass is 260 g/mol. The normalized spacial score (nSPS) is 18.5. The Balaban J connectivity index is 1.58. The van der Waals surface area contributed by atoms with E-state index in [-0.39, 0.29) is 0 Å². The Morgan fingerprint density at radius 3 is 2.58 bits per heavy atom. The van der Waals surface area contributed by atoms with Crippen molar-refractivity contribution in [3.63, 3.8) is 0 Å². The lowest BCUT2D eigenvalue weighted by Crippen LogP contribution is -2.35. The van der Waals surface area contributed by atoms with Gasteiger partial charge in [0.1, 0.15) is 0 Å². The summed E-state index contributed by atoms with van der Waals surface area (Å²) >= 11 is 0. The molecule has 0 spiro atoms. The van der Waals surface area contributed by atoms with Crippen molar-refractivity contribution in [2.45, 2.75) is 45.7 Å². The number of benzene rings is 1. The molecule has 106 valence electrons. The van der Waals surface area contributed by atoms with Gasteiger partial charge in [-0.1, -0.05) is 37.3 Å². The van der Waals surface area contributed by atoms with Crippen LogP contribution in [-0.2, 0) is 6.54 Å². The summed E-state index contributed by atoms with van der Waals surface area (Å²) in [6.45, 7) is 8.07. The van der Waals surface area contributed by atoms with Crippen LogP contribution in [0.1, 0.15) is 38.7 Å². The summed E-state index contributed by atoms with van der Waals surface area (Å²) in [6.07, 6.45) is 4.02. The van der Waals surface area contributed by atoms with E-state index in [0.717, 1.165) is 19.6 Å². The minimum Gasteiger partial charge on any atom is -0.314 e. The van der Waals surface area contributed by atoms with Gasteiger partial charge in [-0.2, -0.15) is 0 Å². The first-order valence-electron chi connectivity index (χ1n) is 7.56. The van der Waals surface area contributed by atoms with Gasteiger partial charge in [0.15, 0.2) is 0 Å². The molecule has 0 bridgehead atoms. The highest BCUT2D eigenvalue weighted by molar-refractivity contribution is 5.14. The van der Waals surface area contributed by atoms with Crippen LogP contribution in [0.5, 0.6) is 0 Å². The predicted molar refractivity (Wildman–Crippen MR) is 82.2 cm³/mol. The maximum atomic E-state index is 3.68.